The highest BCUT2D eigenvalue weighted by molar-refractivity contribution is 6.35. The zero-order valence-corrected chi connectivity index (χ0v) is 23.5. The fourth-order valence-electron chi connectivity index (χ4n) is 5.08. The number of quaternary nitrogens is 1. The standard InChI is InChI=1S/C30H34Cl2N4O2/c1-3-35(4-2)30(38)21-9-12-25(13-10-21)36(27-7-5-6-22(18-27)29(33)37)26-14-16-34(17-15-26)20-23-8-11-24(31)19-28(23)32/h5-13,18-19,26H,3-4,14-17,20H2,1-2H3,(H2,33,37)/p+1. The molecule has 1 saturated heterocycles. The van der Waals surface area contributed by atoms with Crippen LogP contribution in [0.2, 0.25) is 10.0 Å². The second-order valence-corrected chi connectivity index (χ2v) is 10.5. The van der Waals surface area contributed by atoms with E-state index in [1.54, 1.807) is 12.1 Å². The average Bonchev–Trinajstić information content (AvgIpc) is 2.92. The van der Waals surface area contributed by atoms with Crippen LogP contribution in [0.1, 0.15) is 53.0 Å². The molecule has 8 heteroatoms. The van der Waals surface area contributed by atoms with Crippen LogP contribution < -0.4 is 10.6 Å². The molecule has 0 atom stereocenters. The third-order valence-corrected chi connectivity index (χ3v) is 7.81. The number of benzene rings is 3. The number of carbonyl (C=O) groups excluding carboxylic acids is 2. The molecule has 38 heavy (non-hydrogen) atoms. The number of likely N-dealkylation sites (tertiary alicyclic amines) is 1. The Balaban J connectivity index is 1.57. The van der Waals surface area contributed by atoms with Crippen LogP contribution >= 0.6 is 23.2 Å². The molecule has 4 rings (SSSR count). The van der Waals surface area contributed by atoms with E-state index in [1.165, 1.54) is 0 Å². The van der Waals surface area contributed by atoms with Crippen LogP contribution in [0.3, 0.4) is 0 Å². The van der Waals surface area contributed by atoms with Gasteiger partial charge in [-0.3, -0.25) is 15.4 Å². The number of nitrogens with zero attached hydrogens (tertiary/aromatic N) is 3. The summed E-state index contributed by atoms with van der Waals surface area (Å²) in [6.45, 7) is 7.92. The van der Waals surface area contributed by atoms with Crippen molar-refractivity contribution in [3.8, 4) is 0 Å². The second kappa shape index (κ2) is 12.8. The van der Waals surface area contributed by atoms with Crippen molar-refractivity contribution in [1.29, 1.82) is 0 Å². The first-order chi connectivity index (χ1) is 18.3. The summed E-state index contributed by atoms with van der Waals surface area (Å²) < 4.78 is 0. The number of piperidine rings is 1. The molecule has 1 fully saturated rings. The van der Waals surface area contributed by atoms with Crippen LogP contribution in [-0.2, 0) is 6.54 Å². The molecule has 0 bridgehead atoms. The second-order valence-electron chi connectivity index (χ2n) is 9.61. The maximum absolute atomic E-state index is 12.9. The van der Waals surface area contributed by atoms with Crippen molar-refractivity contribution in [3.05, 3.63) is 93.5 Å². The molecule has 6 nitrogen and oxygen atoms in total. The summed E-state index contributed by atoms with van der Waals surface area (Å²) >= 11 is 12.5. The molecule has 3 N–H and O–H groups in total. The summed E-state index contributed by atoms with van der Waals surface area (Å²) in [5.41, 5.74) is 7.86. The molecule has 3 aromatic carbocycles. The summed E-state index contributed by atoms with van der Waals surface area (Å²) in [6.07, 6.45) is 1.88. The number of hydrogen-bond acceptors (Lipinski definition) is 4. The largest absolute Gasteiger partial charge is 0.341 e. The summed E-state index contributed by atoms with van der Waals surface area (Å²) in [5, 5.41) is 1.33. The minimum absolute atomic E-state index is 0.0342. The Labute approximate surface area is 234 Å². The maximum atomic E-state index is 12.9. The zero-order valence-electron chi connectivity index (χ0n) is 22.0. The van der Waals surface area contributed by atoms with Crippen molar-refractivity contribution in [2.45, 2.75) is 39.3 Å². The molecule has 0 unspecified atom stereocenters. The van der Waals surface area contributed by atoms with E-state index in [-0.39, 0.29) is 17.9 Å². The first-order valence-electron chi connectivity index (χ1n) is 13.1. The van der Waals surface area contributed by atoms with Crippen LogP contribution in [-0.4, -0.2) is 53.8 Å². The van der Waals surface area contributed by atoms with E-state index in [9.17, 15) is 9.59 Å². The van der Waals surface area contributed by atoms with E-state index in [0.29, 0.717) is 34.3 Å². The smallest absolute Gasteiger partial charge is 0.339 e. The van der Waals surface area contributed by atoms with E-state index in [1.807, 2.05) is 73.3 Å². The van der Waals surface area contributed by atoms with Gasteiger partial charge < -0.3 is 9.80 Å². The van der Waals surface area contributed by atoms with Gasteiger partial charge in [-0.2, -0.15) is 0 Å². The molecular weight excluding hydrogens is 519 g/mol. The topological polar surface area (TPSA) is 71.5 Å². The van der Waals surface area contributed by atoms with Gasteiger partial charge in [0, 0.05) is 65.7 Å². The number of amides is 2. The summed E-state index contributed by atoms with van der Waals surface area (Å²) in [7, 11) is 0. The lowest BCUT2D eigenvalue weighted by atomic mass is 9.99. The van der Waals surface area contributed by atoms with Gasteiger partial charge in [-0.25, -0.2) is 4.79 Å². The Morgan fingerprint density at radius 1 is 0.895 bits per heavy atom. The van der Waals surface area contributed by atoms with Crippen LogP contribution in [0.5, 0.6) is 0 Å². The van der Waals surface area contributed by atoms with Gasteiger partial charge in [0.05, 0.1) is 5.56 Å². The Hall–Kier alpha value is -2.90. The number of hydrogen-bond donors (Lipinski definition) is 1. The van der Waals surface area contributed by atoms with Gasteiger partial charge in [0.2, 0.25) is 0 Å². The Morgan fingerprint density at radius 2 is 1.58 bits per heavy atom. The molecule has 1 heterocycles. The van der Waals surface area contributed by atoms with Crippen LogP contribution in [0.25, 0.3) is 0 Å². The molecule has 0 aromatic heterocycles. The zero-order chi connectivity index (χ0) is 27.2. The molecule has 200 valence electrons. The Morgan fingerprint density at radius 3 is 2.18 bits per heavy atom. The molecule has 0 spiro atoms. The fraction of sp³-hybridized carbons (Fsp3) is 0.333. The normalized spacial score (nSPS) is 14.3. The summed E-state index contributed by atoms with van der Waals surface area (Å²) in [6, 6.07) is 21.3. The third kappa shape index (κ3) is 6.56. The van der Waals surface area contributed by atoms with Crippen molar-refractivity contribution in [3.63, 3.8) is 0 Å². The quantitative estimate of drug-likeness (QED) is 0.371. The molecule has 0 radical (unpaired) electrons. The molecule has 1 aliphatic heterocycles. The van der Waals surface area contributed by atoms with E-state index in [4.69, 9.17) is 23.2 Å². The summed E-state index contributed by atoms with van der Waals surface area (Å²) in [4.78, 5) is 31.4. The van der Waals surface area contributed by atoms with Gasteiger partial charge in [-0.05, 0) is 86.8 Å². The molecule has 3 aromatic rings. The highest BCUT2D eigenvalue weighted by Gasteiger charge is 2.27. The number of carbonyl (C=O) groups is 2. The SMILES string of the molecule is CCN(CC)C(=O)c1ccc(N(c2cccc(C([NH3+])=O)c2)C2CCN(Cc3ccc(Cl)cc3Cl)CC2)cc1. The maximum Gasteiger partial charge on any atom is 0.341 e. The van der Waals surface area contributed by atoms with Gasteiger partial charge in [-0.15, -0.1) is 0 Å². The highest BCUT2D eigenvalue weighted by atomic mass is 35.5. The van der Waals surface area contributed by atoms with Gasteiger partial charge in [0.15, 0.2) is 0 Å². The molecule has 1 aliphatic rings. The van der Waals surface area contributed by atoms with E-state index in [0.717, 1.165) is 49.4 Å². The minimum Gasteiger partial charge on any atom is -0.339 e. The van der Waals surface area contributed by atoms with Gasteiger partial charge in [-0.1, -0.05) is 35.3 Å². The van der Waals surface area contributed by atoms with Crippen molar-refractivity contribution in [2.75, 3.05) is 31.1 Å². The van der Waals surface area contributed by atoms with Crippen molar-refractivity contribution in [2.24, 2.45) is 0 Å². The summed E-state index contributed by atoms with van der Waals surface area (Å²) in [5.74, 6) is -0.173. The first-order valence-corrected chi connectivity index (χ1v) is 13.9. The van der Waals surface area contributed by atoms with Crippen LogP contribution in [0.4, 0.5) is 11.4 Å². The van der Waals surface area contributed by atoms with E-state index in [2.05, 4.69) is 15.5 Å². The first kappa shape index (κ1) is 28.1. The predicted molar refractivity (Wildman–Crippen MR) is 154 cm³/mol. The predicted octanol–water partition coefficient (Wildman–Crippen LogP) is 5.66. The van der Waals surface area contributed by atoms with Crippen molar-refractivity contribution >= 4 is 46.4 Å². The van der Waals surface area contributed by atoms with E-state index >= 15 is 0 Å². The lowest BCUT2D eigenvalue weighted by molar-refractivity contribution is -0.255. The van der Waals surface area contributed by atoms with Crippen molar-refractivity contribution < 1.29 is 15.3 Å². The van der Waals surface area contributed by atoms with Gasteiger partial charge in [0.25, 0.3) is 5.91 Å². The lowest BCUT2D eigenvalue weighted by Crippen LogP contribution is -2.56. The highest BCUT2D eigenvalue weighted by Crippen LogP contribution is 2.33. The Bertz CT molecular complexity index is 1270. The average molecular weight is 555 g/mol. The fourth-order valence-corrected chi connectivity index (χ4v) is 5.55. The van der Waals surface area contributed by atoms with Gasteiger partial charge >= 0.3 is 5.91 Å². The molecule has 0 saturated carbocycles. The third-order valence-electron chi connectivity index (χ3n) is 7.22. The lowest BCUT2D eigenvalue weighted by Gasteiger charge is -2.40. The molecule has 2 amide bonds. The molecular formula is C30H35Cl2N4O2+. The van der Waals surface area contributed by atoms with E-state index < -0.39 is 0 Å². The Kier molecular flexibility index (Phi) is 9.44. The van der Waals surface area contributed by atoms with Crippen LogP contribution in [0.15, 0.2) is 66.7 Å². The monoisotopic (exact) mass is 553 g/mol. The van der Waals surface area contributed by atoms with Crippen LogP contribution in [0, 0.1) is 0 Å². The molecule has 0 aliphatic carbocycles. The number of halogens is 2. The number of anilines is 2. The van der Waals surface area contributed by atoms with Crippen molar-refractivity contribution in [1.82, 2.24) is 9.80 Å². The van der Waals surface area contributed by atoms with Gasteiger partial charge in [0.1, 0.15) is 0 Å². The minimum atomic E-state index is -0.207. The number of rotatable bonds is 9.